The fourth-order valence-corrected chi connectivity index (χ4v) is 3.81. The summed E-state index contributed by atoms with van der Waals surface area (Å²) in [6, 6.07) is 9.46. The van der Waals surface area contributed by atoms with E-state index in [0.29, 0.717) is 33.6 Å². The number of halogens is 1. The molecule has 0 aliphatic heterocycles. The van der Waals surface area contributed by atoms with E-state index in [1.165, 1.54) is 12.1 Å². The predicted molar refractivity (Wildman–Crippen MR) is 125 cm³/mol. The minimum Gasteiger partial charge on any atom is -0.399 e. The normalized spacial score (nSPS) is 19.8. The van der Waals surface area contributed by atoms with Crippen LogP contribution in [0.5, 0.6) is 0 Å². The van der Waals surface area contributed by atoms with Crippen molar-refractivity contribution in [2.45, 2.75) is 49.2 Å². The highest BCUT2D eigenvalue weighted by atomic mass is 35.5. The van der Waals surface area contributed by atoms with Crippen LogP contribution in [-0.2, 0) is 0 Å². The van der Waals surface area contributed by atoms with Crippen LogP contribution in [0.4, 0.5) is 11.4 Å². The molecule has 11 heteroatoms. The largest absolute Gasteiger partial charge is 0.399 e. The Labute approximate surface area is 201 Å². The van der Waals surface area contributed by atoms with Gasteiger partial charge in [-0.3, -0.25) is 9.59 Å². The van der Waals surface area contributed by atoms with E-state index >= 15 is 0 Å². The van der Waals surface area contributed by atoms with Gasteiger partial charge in [-0.2, -0.15) is 0 Å². The van der Waals surface area contributed by atoms with Crippen molar-refractivity contribution in [2.24, 2.45) is 0 Å². The summed E-state index contributed by atoms with van der Waals surface area (Å²) in [6.07, 6.45) is -3.82. The Hall–Kier alpha value is -2.57. The van der Waals surface area contributed by atoms with Gasteiger partial charge < -0.3 is 42.1 Å². The highest BCUT2D eigenvalue weighted by molar-refractivity contribution is 6.28. The van der Waals surface area contributed by atoms with Crippen LogP contribution in [0.2, 0.25) is 0 Å². The second kappa shape index (κ2) is 9.59. The Morgan fingerprint density at radius 2 is 1.18 bits per heavy atom. The molecule has 3 rings (SSSR count). The van der Waals surface area contributed by atoms with E-state index in [-0.39, 0.29) is 11.6 Å². The fourth-order valence-electron chi connectivity index (χ4n) is 3.58. The van der Waals surface area contributed by atoms with E-state index in [4.69, 9.17) is 28.2 Å². The van der Waals surface area contributed by atoms with Gasteiger partial charge >= 0.3 is 0 Å². The first kappa shape index (κ1) is 27.7. The maximum Gasteiger partial charge on any atom is 0.194 e. The van der Waals surface area contributed by atoms with Crippen LogP contribution in [0, 0.1) is 0 Å². The lowest BCUT2D eigenvalue weighted by molar-refractivity contribution is -0.225. The maximum atomic E-state index is 12.3. The summed E-state index contributed by atoms with van der Waals surface area (Å²) in [7, 11) is 0. The molecule has 1 aliphatic rings. The van der Waals surface area contributed by atoms with Crippen molar-refractivity contribution in [3.63, 3.8) is 0 Å². The van der Waals surface area contributed by atoms with E-state index in [1.54, 1.807) is 24.3 Å². The summed E-state index contributed by atoms with van der Waals surface area (Å²) in [5.74, 6) is -0.376. The molecule has 10 N–H and O–H groups in total. The first-order valence-electron chi connectivity index (χ1n) is 10.2. The number of nitrogens with two attached hydrogens (primary N) is 2. The van der Waals surface area contributed by atoms with E-state index in [0.717, 1.165) is 20.8 Å². The minimum absolute atomic E-state index is 0.188. The zero-order valence-electron chi connectivity index (χ0n) is 18.9. The Bertz CT molecular complexity index is 1030. The van der Waals surface area contributed by atoms with Crippen LogP contribution in [0.3, 0.4) is 0 Å². The average molecular weight is 497 g/mol. The van der Waals surface area contributed by atoms with Crippen LogP contribution in [0.25, 0.3) is 0 Å². The van der Waals surface area contributed by atoms with E-state index in [2.05, 4.69) is 0 Å². The summed E-state index contributed by atoms with van der Waals surface area (Å²) in [5.41, 5.74) is 9.38. The summed E-state index contributed by atoms with van der Waals surface area (Å²) in [4.78, 5) is 24.5. The van der Waals surface area contributed by atoms with Gasteiger partial charge in [0.25, 0.3) is 0 Å². The lowest BCUT2D eigenvalue weighted by Crippen LogP contribution is -2.64. The third kappa shape index (κ3) is 5.39. The molecule has 5 unspecified atom stereocenters. The number of anilines is 2. The molecule has 0 bridgehead atoms. The number of nitrogen functional groups attached to an aromatic ring is 2. The van der Waals surface area contributed by atoms with Crippen molar-refractivity contribution < 1.29 is 40.2 Å². The molecule has 2 aromatic rings. The van der Waals surface area contributed by atoms with Gasteiger partial charge in [0, 0.05) is 33.6 Å². The smallest absolute Gasteiger partial charge is 0.194 e. The molecule has 0 amide bonds. The third-order valence-corrected chi connectivity index (χ3v) is 5.79. The number of hydrogen-bond donors (Lipinski definition) is 8. The zero-order valence-corrected chi connectivity index (χ0v) is 19.6. The van der Waals surface area contributed by atoms with Gasteiger partial charge in [-0.1, -0.05) is 11.6 Å². The zero-order chi connectivity index (χ0) is 26.2. The first-order valence-corrected chi connectivity index (χ1v) is 10.5. The Kier molecular flexibility index (Phi) is 7.80. The van der Waals surface area contributed by atoms with Crippen LogP contribution in [0.15, 0.2) is 36.4 Å². The lowest BCUT2D eigenvalue weighted by atomic mass is 9.81. The molecule has 1 aliphatic carbocycles. The Morgan fingerprint density at radius 1 is 0.794 bits per heavy atom. The number of aliphatic hydroxyl groups excluding tert-OH is 3. The lowest BCUT2D eigenvalue weighted by Gasteiger charge is -2.43. The van der Waals surface area contributed by atoms with Crippen molar-refractivity contribution in [1.82, 2.24) is 0 Å². The van der Waals surface area contributed by atoms with Crippen LogP contribution < -0.4 is 11.5 Å². The van der Waals surface area contributed by atoms with E-state index in [9.17, 15) is 35.1 Å². The Morgan fingerprint density at radius 3 is 1.50 bits per heavy atom. The molecule has 0 saturated heterocycles. The molecule has 0 heterocycles. The van der Waals surface area contributed by atoms with Crippen LogP contribution in [-0.4, -0.2) is 77.3 Å². The second-order valence-corrected chi connectivity index (χ2v) is 9.60. The molecule has 186 valence electrons. The molecule has 10 nitrogen and oxygen atoms in total. The minimum atomic E-state index is -2.29. The molecular formula is C23H29ClN2O8. The van der Waals surface area contributed by atoms with Gasteiger partial charge in [0.2, 0.25) is 0 Å². The number of hydrogen-bond acceptors (Lipinski definition) is 10. The van der Waals surface area contributed by atoms with E-state index in [1.807, 2.05) is 0 Å². The van der Waals surface area contributed by atoms with Crippen molar-refractivity contribution in [3.8, 4) is 0 Å². The maximum absolute atomic E-state index is 12.3. The van der Waals surface area contributed by atoms with Crippen LogP contribution in [0.1, 0.15) is 52.6 Å². The van der Waals surface area contributed by atoms with Gasteiger partial charge in [0.1, 0.15) is 23.4 Å². The molecular weight excluding hydrogens is 468 g/mol. The van der Waals surface area contributed by atoms with Gasteiger partial charge in [-0.15, -0.1) is 0 Å². The number of carbonyl (C=O) groups is 2. The fraction of sp³-hybridized carbons (Fsp3) is 0.391. The molecule has 2 aromatic carbocycles. The molecule has 5 atom stereocenters. The molecule has 0 spiro atoms. The third-order valence-electron chi connectivity index (χ3n) is 5.58. The topological polar surface area (TPSA) is 208 Å². The number of fused-ring (bicyclic) bond motifs is 2. The van der Waals surface area contributed by atoms with Crippen molar-refractivity contribution >= 4 is 34.5 Å². The number of rotatable bonds is 5. The summed E-state index contributed by atoms with van der Waals surface area (Å²) < 4.78 is 0. The first-order chi connectivity index (χ1) is 15.4. The molecule has 0 radical (unpaired) electrons. The Balaban J connectivity index is 0.000000243. The van der Waals surface area contributed by atoms with Crippen LogP contribution >= 0.6 is 11.6 Å². The second-order valence-electron chi connectivity index (χ2n) is 8.84. The molecule has 0 aromatic heterocycles. The molecule has 0 fully saturated rings. The summed E-state index contributed by atoms with van der Waals surface area (Å²) >= 11 is 5.40. The highest BCUT2D eigenvalue weighted by Gasteiger charge is 2.52. The SMILES string of the molecule is CC(O)(Cl)C(O)C(C)(O)C(O)C(C)(O)CO.Nc1ccc2c(c1)C(=O)c1ccc(N)cc1C2=O. The predicted octanol–water partition coefficient (Wildman–Crippen LogP) is -0.224. The summed E-state index contributed by atoms with van der Waals surface area (Å²) in [6.45, 7) is 2.25. The monoisotopic (exact) mass is 496 g/mol. The molecule has 34 heavy (non-hydrogen) atoms. The van der Waals surface area contributed by atoms with Gasteiger partial charge in [-0.05, 0) is 57.2 Å². The number of carbonyl (C=O) groups excluding carboxylic acids is 2. The van der Waals surface area contributed by atoms with Gasteiger partial charge in [0.15, 0.2) is 16.6 Å². The van der Waals surface area contributed by atoms with E-state index < -0.39 is 35.1 Å². The summed E-state index contributed by atoms with van der Waals surface area (Å²) in [5, 5.41) is 54.5. The number of ketones is 2. The van der Waals surface area contributed by atoms with Crippen molar-refractivity contribution in [1.29, 1.82) is 0 Å². The van der Waals surface area contributed by atoms with Crippen molar-refractivity contribution in [3.05, 3.63) is 58.7 Å². The highest BCUT2D eigenvalue weighted by Crippen LogP contribution is 2.32. The quantitative estimate of drug-likeness (QED) is 0.172. The number of benzene rings is 2. The number of aliphatic hydroxyl groups is 6. The van der Waals surface area contributed by atoms with Crippen molar-refractivity contribution in [2.75, 3.05) is 18.1 Å². The van der Waals surface area contributed by atoms with Gasteiger partial charge in [0.05, 0.1) is 6.61 Å². The number of alkyl halides is 1. The average Bonchev–Trinajstić information content (AvgIpc) is 2.76. The molecule has 0 saturated carbocycles. The van der Waals surface area contributed by atoms with Gasteiger partial charge in [-0.25, -0.2) is 0 Å². The standard InChI is InChI=1S/C14H10N2O2.C9H19ClO6/c15-7-1-3-9-11(5-7)14(18)10-4-2-8(16)6-12(10)13(9)17;1-7(14,4-11)5(12)8(2,15)6(13)9(3,10)16/h1-6H,15-16H2;5-6,11-16H,4H2,1-3H3.